The normalized spacial score (nSPS) is 14.9. The first-order chi connectivity index (χ1) is 9.50. The van der Waals surface area contributed by atoms with E-state index in [1.54, 1.807) is 0 Å². The number of carbonyl (C=O) groups excluding carboxylic acids is 1. The molecule has 2 N–H and O–H groups in total. The number of amides is 2. The Hall–Kier alpha value is -1.26. The third kappa shape index (κ3) is 4.12. The predicted molar refractivity (Wildman–Crippen MR) is 78.7 cm³/mol. The zero-order valence-electron chi connectivity index (χ0n) is 12.9. The molecule has 0 bridgehead atoms. The summed E-state index contributed by atoms with van der Waals surface area (Å²) in [7, 11) is 0. The van der Waals surface area contributed by atoms with Crippen LogP contribution in [0.15, 0.2) is 0 Å². The molecule has 0 saturated heterocycles. The number of carbonyl (C=O) groups is 2. The van der Waals surface area contributed by atoms with Crippen LogP contribution in [0.25, 0.3) is 0 Å². The fraction of sp³-hybridized carbons (Fsp3) is 0.867. The molecule has 5 nitrogen and oxygen atoms in total. The molecule has 20 heavy (non-hydrogen) atoms. The molecule has 2 amide bonds. The Kier molecular flexibility index (Phi) is 6.30. The Morgan fingerprint density at radius 3 is 2.25 bits per heavy atom. The van der Waals surface area contributed by atoms with Crippen molar-refractivity contribution in [3.63, 3.8) is 0 Å². The maximum absolute atomic E-state index is 12.3. The Bertz CT molecular complexity index is 336. The second-order valence-corrected chi connectivity index (χ2v) is 5.73. The van der Waals surface area contributed by atoms with Crippen molar-refractivity contribution in [1.29, 1.82) is 0 Å². The van der Waals surface area contributed by atoms with Crippen molar-refractivity contribution in [3.8, 4) is 0 Å². The highest BCUT2D eigenvalue weighted by Crippen LogP contribution is 2.28. The smallest absolute Gasteiger partial charge is 0.317 e. The summed E-state index contributed by atoms with van der Waals surface area (Å²) in [5, 5.41) is 12.2. The van der Waals surface area contributed by atoms with E-state index in [1.807, 2.05) is 18.7 Å². The van der Waals surface area contributed by atoms with Crippen molar-refractivity contribution in [2.45, 2.75) is 65.3 Å². The van der Waals surface area contributed by atoms with Crippen molar-refractivity contribution >= 4 is 12.0 Å². The van der Waals surface area contributed by atoms with Gasteiger partial charge in [0, 0.05) is 19.1 Å². The zero-order chi connectivity index (χ0) is 15.2. The second-order valence-electron chi connectivity index (χ2n) is 5.73. The number of hydrogen-bond donors (Lipinski definition) is 2. The number of carboxylic acids is 1. The van der Waals surface area contributed by atoms with Crippen molar-refractivity contribution in [1.82, 2.24) is 10.2 Å². The highest BCUT2D eigenvalue weighted by Gasteiger charge is 2.37. The molecule has 1 rings (SSSR count). The first-order valence-electron chi connectivity index (χ1n) is 7.78. The summed E-state index contributed by atoms with van der Waals surface area (Å²) in [5.74, 6) is -0.825. The minimum absolute atomic E-state index is 0.103. The second kappa shape index (κ2) is 7.50. The van der Waals surface area contributed by atoms with Crippen LogP contribution in [-0.2, 0) is 4.79 Å². The van der Waals surface area contributed by atoms with Crippen LogP contribution >= 0.6 is 0 Å². The summed E-state index contributed by atoms with van der Waals surface area (Å²) < 4.78 is 0. The monoisotopic (exact) mass is 284 g/mol. The van der Waals surface area contributed by atoms with Gasteiger partial charge in [-0.3, -0.25) is 4.79 Å². The van der Waals surface area contributed by atoms with Gasteiger partial charge in [0.25, 0.3) is 0 Å². The molecule has 1 aliphatic rings. The fourth-order valence-electron chi connectivity index (χ4n) is 2.39. The van der Waals surface area contributed by atoms with Gasteiger partial charge >= 0.3 is 12.0 Å². The van der Waals surface area contributed by atoms with Crippen LogP contribution < -0.4 is 5.32 Å². The number of rotatable bonds is 9. The molecule has 116 valence electrons. The van der Waals surface area contributed by atoms with E-state index in [2.05, 4.69) is 12.2 Å². The number of aliphatic carboxylic acids is 1. The van der Waals surface area contributed by atoms with Gasteiger partial charge in [-0.25, -0.2) is 4.79 Å². The van der Waals surface area contributed by atoms with Gasteiger partial charge in [0.05, 0.1) is 5.41 Å². The van der Waals surface area contributed by atoms with E-state index in [9.17, 15) is 14.7 Å². The van der Waals surface area contributed by atoms with E-state index in [0.717, 1.165) is 32.2 Å². The lowest BCUT2D eigenvalue weighted by molar-refractivity contribution is -0.149. The van der Waals surface area contributed by atoms with Gasteiger partial charge in [-0.05, 0) is 32.1 Å². The molecule has 0 unspecified atom stereocenters. The Morgan fingerprint density at radius 1 is 1.25 bits per heavy atom. The molecule has 0 heterocycles. The molecule has 0 aliphatic heterocycles. The van der Waals surface area contributed by atoms with Crippen LogP contribution in [0.4, 0.5) is 4.79 Å². The van der Waals surface area contributed by atoms with Crippen LogP contribution in [0.1, 0.15) is 59.3 Å². The first-order valence-corrected chi connectivity index (χ1v) is 7.78. The summed E-state index contributed by atoms with van der Waals surface area (Å²) >= 11 is 0. The molecule has 1 fully saturated rings. The van der Waals surface area contributed by atoms with Crippen LogP contribution in [0, 0.1) is 5.41 Å². The quantitative estimate of drug-likeness (QED) is 0.684. The summed E-state index contributed by atoms with van der Waals surface area (Å²) in [6.45, 7) is 6.81. The van der Waals surface area contributed by atoms with Crippen molar-refractivity contribution < 1.29 is 14.7 Å². The number of hydrogen-bond acceptors (Lipinski definition) is 2. The molecule has 0 atom stereocenters. The van der Waals surface area contributed by atoms with Crippen molar-refractivity contribution in [3.05, 3.63) is 0 Å². The van der Waals surface area contributed by atoms with E-state index in [-0.39, 0.29) is 12.6 Å². The molecule has 5 heteroatoms. The molecule has 1 aliphatic carbocycles. The lowest BCUT2D eigenvalue weighted by Gasteiger charge is -2.29. The van der Waals surface area contributed by atoms with E-state index in [1.165, 1.54) is 0 Å². The minimum Gasteiger partial charge on any atom is -0.481 e. The van der Waals surface area contributed by atoms with Gasteiger partial charge in [-0.1, -0.05) is 27.2 Å². The van der Waals surface area contributed by atoms with Gasteiger partial charge in [0.15, 0.2) is 0 Å². The molecule has 0 aromatic carbocycles. The Morgan fingerprint density at radius 2 is 1.85 bits per heavy atom. The average Bonchev–Trinajstić information content (AvgIpc) is 3.25. The molecular weight excluding hydrogens is 256 g/mol. The van der Waals surface area contributed by atoms with Crippen LogP contribution in [0.2, 0.25) is 0 Å². The van der Waals surface area contributed by atoms with E-state index in [4.69, 9.17) is 0 Å². The maximum Gasteiger partial charge on any atom is 0.317 e. The van der Waals surface area contributed by atoms with Gasteiger partial charge in [-0.15, -0.1) is 0 Å². The maximum atomic E-state index is 12.3. The van der Waals surface area contributed by atoms with Gasteiger partial charge < -0.3 is 15.3 Å². The zero-order valence-corrected chi connectivity index (χ0v) is 12.9. The lowest BCUT2D eigenvalue weighted by atomic mass is 9.82. The molecule has 1 saturated carbocycles. The minimum atomic E-state index is -0.838. The van der Waals surface area contributed by atoms with Crippen LogP contribution in [0.5, 0.6) is 0 Å². The molecule has 0 aromatic rings. The van der Waals surface area contributed by atoms with Crippen molar-refractivity contribution in [2.75, 3.05) is 13.1 Å². The highest BCUT2D eigenvalue weighted by atomic mass is 16.4. The van der Waals surface area contributed by atoms with Crippen LogP contribution in [0.3, 0.4) is 0 Å². The molecule has 0 aromatic heterocycles. The topological polar surface area (TPSA) is 69.6 Å². The number of carboxylic acid groups (broad SMARTS) is 1. The van der Waals surface area contributed by atoms with E-state index in [0.29, 0.717) is 18.9 Å². The SMILES string of the molecule is CCCCN(C(=O)NCC(CC)(CC)C(=O)O)C1CC1. The van der Waals surface area contributed by atoms with Gasteiger partial charge in [-0.2, -0.15) is 0 Å². The summed E-state index contributed by atoms with van der Waals surface area (Å²) in [6, 6.07) is 0.262. The van der Waals surface area contributed by atoms with E-state index >= 15 is 0 Å². The van der Waals surface area contributed by atoms with Gasteiger partial charge in [0.1, 0.15) is 0 Å². The number of unbranched alkanes of at least 4 members (excludes halogenated alkanes) is 1. The summed E-state index contributed by atoms with van der Waals surface area (Å²) in [4.78, 5) is 25.5. The van der Waals surface area contributed by atoms with Crippen LogP contribution in [-0.4, -0.2) is 41.1 Å². The number of nitrogens with one attached hydrogen (secondary N) is 1. The number of nitrogens with zero attached hydrogens (tertiary/aromatic N) is 1. The first kappa shape index (κ1) is 16.8. The molecular formula is C15H28N2O3. The molecule has 0 spiro atoms. The largest absolute Gasteiger partial charge is 0.481 e. The lowest BCUT2D eigenvalue weighted by Crippen LogP contribution is -2.48. The average molecular weight is 284 g/mol. The predicted octanol–water partition coefficient (Wildman–Crippen LogP) is 2.85. The third-order valence-electron chi connectivity index (χ3n) is 4.39. The summed E-state index contributed by atoms with van der Waals surface area (Å²) in [6.07, 6.45) is 5.25. The third-order valence-corrected chi connectivity index (χ3v) is 4.39. The van der Waals surface area contributed by atoms with Crippen molar-refractivity contribution in [2.24, 2.45) is 5.41 Å². The molecule has 0 radical (unpaired) electrons. The standard InChI is InChI=1S/C15H28N2O3/c1-4-7-10-17(12-8-9-12)14(20)16-11-15(5-2,6-3)13(18)19/h12H,4-11H2,1-3H3,(H,16,20)(H,18,19). The van der Waals surface area contributed by atoms with Gasteiger partial charge in [0.2, 0.25) is 0 Å². The summed E-state index contributed by atoms with van der Waals surface area (Å²) in [5.41, 5.74) is -0.838. The van der Waals surface area contributed by atoms with E-state index < -0.39 is 11.4 Å². The highest BCUT2D eigenvalue weighted by molar-refractivity contribution is 5.78. The Labute approximate surface area is 121 Å². The number of urea groups is 1. The fourth-order valence-corrected chi connectivity index (χ4v) is 2.39. The Balaban J connectivity index is 2.56.